The molecule has 21 heavy (non-hydrogen) atoms. The van der Waals surface area contributed by atoms with Crippen LogP contribution in [-0.2, 0) is 16.1 Å². The van der Waals surface area contributed by atoms with E-state index in [0.29, 0.717) is 17.2 Å². The van der Waals surface area contributed by atoms with Gasteiger partial charge in [0.1, 0.15) is 11.5 Å². The number of furan rings is 1. The molecule has 2 rings (SSSR count). The molecule has 0 aliphatic heterocycles. The van der Waals surface area contributed by atoms with E-state index < -0.39 is 11.8 Å². The average Bonchev–Trinajstić information content (AvgIpc) is 2.98. The van der Waals surface area contributed by atoms with Crippen LogP contribution in [0.5, 0.6) is 5.75 Å². The molecule has 6 nitrogen and oxygen atoms in total. The number of hydrogen-bond donors (Lipinski definition) is 2. The fourth-order valence-corrected chi connectivity index (χ4v) is 1.76. The molecule has 0 atom stereocenters. The van der Waals surface area contributed by atoms with Crippen LogP contribution in [0.3, 0.4) is 0 Å². The highest BCUT2D eigenvalue weighted by Gasteiger charge is 2.16. The number of nitrogens with one attached hydrogen (secondary N) is 2. The van der Waals surface area contributed by atoms with E-state index >= 15 is 0 Å². The number of amides is 2. The molecule has 1 heterocycles. The number of carbonyl (C=O) groups excluding carboxylic acids is 2. The fraction of sp³-hybridized carbons (Fsp3) is 0.200. The first-order valence-electron chi connectivity index (χ1n) is 6.36. The molecule has 0 aliphatic carbocycles. The number of aryl methyl sites for hydroxylation is 1. The van der Waals surface area contributed by atoms with Crippen molar-refractivity contribution in [3.8, 4) is 5.75 Å². The lowest BCUT2D eigenvalue weighted by Gasteiger charge is -2.10. The molecule has 0 saturated carbocycles. The zero-order valence-corrected chi connectivity index (χ0v) is 11.8. The Morgan fingerprint density at radius 1 is 1.24 bits per heavy atom. The van der Waals surface area contributed by atoms with E-state index in [4.69, 9.17) is 9.15 Å². The van der Waals surface area contributed by atoms with Crippen LogP contribution in [0.15, 0.2) is 41.0 Å². The highest BCUT2D eigenvalue weighted by atomic mass is 16.5. The zero-order chi connectivity index (χ0) is 15.2. The predicted octanol–water partition coefficient (Wildman–Crippen LogP) is 1.85. The molecule has 2 amide bonds. The summed E-state index contributed by atoms with van der Waals surface area (Å²) < 4.78 is 10.2. The molecule has 0 bridgehead atoms. The summed E-state index contributed by atoms with van der Waals surface area (Å²) in [5.41, 5.74) is 1.40. The standard InChI is InChI=1S/C15H16N2O4/c1-10-5-6-13(20-2)12(8-10)17-15(19)14(18)16-9-11-4-3-7-21-11/h3-8H,9H2,1-2H3,(H,16,18)(H,17,19). The Morgan fingerprint density at radius 3 is 2.71 bits per heavy atom. The van der Waals surface area contributed by atoms with Gasteiger partial charge in [-0.1, -0.05) is 6.07 Å². The Kier molecular flexibility index (Phi) is 4.61. The second kappa shape index (κ2) is 6.60. The molecule has 0 fully saturated rings. The van der Waals surface area contributed by atoms with E-state index in [9.17, 15) is 9.59 Å². The number of ether oxygens (including phenoxy) is 1. The summed E-state index contributed by atoms with van der Waals surface area (Å²) in [7, 11) is 1.50. The summed E-state index contributed by atoms with van der Waals surface area (Å²) in [5.74, 6) is -0.433. The highest BCUT2D eigenvalue weighted by Crippen LogP contribution is 2.24. The van der Waals surface area contributed by atoms with Crippen molar-refractivity contribution < 1.29 is 18.7 Å². The first-order chi connectivity index (χ1) is 10.1. The van der Waals surface area contributed by atoms with E-state index in [1.807, 2.05) is 13.0 Å². The second-order valence-electron chi connectivity index (χ2n) is 4.42. The van der Waals surface area contributed by atoms with Crippen LogP contribution >= 0.6 is 0 Å². The summed E-state index contributed by atoms with van der Waals surface area (Å²) in [5, 5.41) is 5.00. The predicted molar refractivity (Wildman–Crippen MR) is 76.9 cm³/mol. The van der Waals surface area contributed by atoms with Gasteiger partial charge in [-0.15, -0.1) is 0 Å². The quantitative estimate of drug-likeness (QED) is 0.841. The first-order valence-corrected chi connectivity index (χ1v) is 6.36. The Hall–Kier alpha value is -2.76. The maximum absolute atomic E-state index is 11.8. The lowest BCUT2D eigenvalue weighted by atomic mass is 10.2. The van der Waals surface area contributed by atoms with Gasteiger partial charge in [0.15, 0.2) is 0 Å². The average molecular weight is 288 g/mol. The van der Waals surface area contributed by atoms with E-state index in [2.05, 4.69) is 10.6 Å². The molecule has 0 unspecified atom stereocenters. The van der Waals surface area contributed by atoms with Crippen LogP contribution in [0.1, 0.15) is 11.3 Å². The van der Waals surface area contributed by atoms with Crippen LogP contribution in [0.2, 0.25) is 0 Å². The third kappa shape index (κ3) is 3.85. The van der Waals surface area contributed by atoms with Crippen molar-refractivity contribution in [2.45, 2.75) is 13.5 Å². The molecular formula is C15H16N2O4. The Bertz CT molecular complexity index is 635. The van der Waals surface area contributed by atoms with Crippen LogP contribution in [-0.4, -0.2) is 18.9 Å². The van der Waals surface area contributed by atoms with Crippen LogP contribution in [0.25, 0.3) is 0 Å². The van der Waals surface area contributed by atoms with Crippen molar-refractivity contribution in [2.75, 3.05) is 12.4 Å². The summed E-state index contributed by atoms with van der Waals surface area (Å²) in [6.45, 7) is 2.04. The fourth-order valence-electron chi connectivity index (χ4n) is 1.76. The van der Waals surface area contributed by atoms with Gasteiger partial charge in [-0.25, -0.2) is 0 Å². The Labute approximate surface area is 122 Å². The normalized spacial score (nSPS) is 10.0. The maximum atomic E-state index is 11.8. The van der Waals surface area contributed by atoms with E-state index in [1.165, 1.54) is 13.4 Å². The second-order valence-corrected chi connectivity index (χ2v) is 4.42. The monoisotopic (exact) mass is 288 g/mol. The number of anilines is 1. The minimum absolute atomic E-state index is 0.157. The van der Waals surface area contributed by atoms with Gasteiger partial charge in [-0.05, 0) is 36.8 Å². The van der Waals surface area contributed by atoms with Crippen molar-refractivity contribution in [3.05, 3.63) is 47.9 Å². The van der Waals surface area contributed by atoms with Gasteiger partial charge in [0.2, 0.25) is 0 Å². The molecule has 0 spiro atoms. The van der Waals surface area contributed by atoms with Crippen molar-refractivity contribution >= 4 is 17.5 Å². The summed E-state index contributed by atoms with van der Waals surface area (Å²) in [6, 6.07) is 8.73. The lowest BCUT2D eigenvalue weighted by molar-refractivity contribution is -0.136. The third-order valence-corrected chi connectivity index (χ3v) is 2.81. The van der Waals surface area contributed by atoms with Crippen LogP contribution < -0.4 is 15.4 Å². The van der Waals surface area contributed by atoms with Gasteiger partial charge in [0, 0.05) is 0 Å². The molecule has 6 heteroatoms. The molecule has 2 N–H and O–H groups in total. The number of hydrogen-bond acceptors (Lipinski definition) is 4. The minimum Gasteiger partial charge on any atom is -0.495 e. The molecule has 0 aliphatic rings. The summed E-state index contributed by atoms with van der Waals surface area (Å²) >= 11 is 0. The van der Waals surface area contributed by atoms with Crippen molar-refractivity contribution in [1.82, 2.24) is 5.32 Å². The third-order valence-electron chi connectivity index (χ3n) is 2.81. The largest absolute Gasteiger partial charge is 0.495 e. The van der Waals surface area contributed by atoms with Gasteiger partial charge in [0.05, 0.1) is 25.6 Å². The first kappa shape index (κ1) is 14.6. The smallest absolute Gasteiger partial charge is 0.313 e. The number of rotatable bonds is 4. The van der Waals surface area contributed by atoms with Crippen molar-refractivity contribution in [2.24, 2.45) is 0 Å². The molecule has 0 saturated heterocycles. The van der Waals surface area contributed by atoms with Gasteiger partial charge in [0.25, 0.3) is 0 Å². The SMILES string of the molecule is COc1ccc(C)cc1NC(=O)C(=O)NCc1ccco1. The van der Waals surface area contributed by atoms with Crippen molar-refractivity contribution in [3.63, 3.8) is 0 Å². The highest BCUT2D eigenvalue weighted by molar-refractivity contribution is 6.39. The van der Waals surface area contributed by atoms with Crippen LogP contribution in [0.4, 0.5) is 5.69 Å². The topological polar surface area (TPSA) is 80.6 Å². The summed E-state index contributed by atoms with van der Waals surface area (Å²) in [4.78, 5) is 23.6. The Balaban J connectivity index is 1.97. The van der Waals surface area contributed by atoms with E-state index in [1.54, 1.807) is 24.3 Å². The van der Waals surface area contributed by atoms with Crippen LogP contribution in [0, 0.1) is 6.92 Å². The molecule has 110 valence electrons. The van der Waals surface area contributed by atoms with Gasteiger partial charge < -0.3 is 19.8 Å². The van der Waals surface area contributed by atoms with E-state index in [0.717, 1.165) is 5.56 Å². The van der Waals surface area contributed by atoms with E-state index in [-0.39, 0.29) is 6.54 Å². The van der Waals surface area contributed by atoms with Crippen molar-refractivity contribution in [1.29, 1.82) is 0 Å². The number of benzene rings is 1. The molecule has 2 aromatic rings. The molecule has 0 radical (unpaired) electrons. The number of carbonyl (C=O) groups is 2. The maximum Gasteiger partial charge on any atom is 0.313 e. The van der Waals surface area contributed by atoms with Gasteiger partial charge >= 0.3 is 11.8 Å². The lowest BCUT2D eigenvalue weighted by Crippen LogP contribution is -2.35. The molecular weight excluding hydrogens is 272 g/mol. The zero-order valence-electron chi connectivity index (χ0n) is 11.8. The van der Waals surface area contributed by atoms with Gasteiger partial charge in [-0.3, -0.25) is 9.59 Å². The summed E-state index contributed by atoms with van der Waals surface area (Å²) in [6.07, 6.45) is 1.50. The Morgan fingerprint density at radius 2 is 2.05 bits per heavy atom. The molecule has 1 aromatic carbocycles. The number of methoxy groups -OCH3 is 1. The molecule has 1 aromatic heterocycles. The van der Waals surface area contributed by atoms with Gasteiger partial charge in [-0.2, -0.15) is 0 Å². The minimum atomic E-state index is -0.759.